The minimum absolute atomic E-state index is 0.213. The summed E-state index contributed by atoms with van der Waals surface area (Å²) in [5, 5.41) is 23.4. The lowest BCUT2D eigenvalue weighted by Gasteiger charge is -2.02. The Bertz CT molecular complexity index is 814. The van der Waals surface area contributed by atoms with Crippen molar-refractivity contribution in [1.82, 2.24) is 5.16 Å². The molecule has 0 spiro atoms. The average Bonchev–Trinajstić information content (AvgIpc) is 3.09. The highest BCUT2D eigenvalue weighted by molar-refractivity contribution is 5.81. The Morgan fingerprint density at radius 1 is 0.852 bits per heavy atom. The molecule has 0 amide bonds. The van der Waals surface area contributed by atoms with Gasteiger partial charge in [-0.15, -0.1) is 0 Å². The number of aromatic nitrogens is 1. The Balaban J connectivity index is 1.92. The summed E-state index contributed by atoms with van der Waals surface area (Å²) < 4.78 is 5.66. The van der Waals surface area contributed by atoms with Gasteiger partial charge in [0, 0.05) is 11.1 Å². The van der Waals surface area contributed by atoms with Gasteiger partial charge in [-0.3, -0.25) is 0 Å². The van der Waals surface area contributed by atoms with Crippen molar-refractivity contribution in [3.05, 3.63) is 60.2 Å². The molecule has 3 rings (SSSR count). The standard InChI is InChI=1S/C23H25NO3/c1-2-3-4-5-6-7-8-21-22(17-9-13-19(25)14-10-17)24-27-23(21)18-11-15-20(26)16-12-18/h7-16,25-26H,2-6H2,1H3/b8-7+. The van der Waals surface area contributed by atoms with Crippen LogP contribution < -0.4 is 0 Å². The highest BCUT2D eigenvalue weighted by atomic mass is 16.5. The molecular weight excluding hydrogens is 338 g/mol. The molecule has 0 aliphatic carbocycles. The van der Waals surface area contributed by atoms with Crippen molar-refractivity contribution in [2.75, 3.05) is 0 Å². The van der Waals surface area contributed by atoms with Crippen LogP contribution in [-0.4, -0.2) is 15.4 Å². The summed E-state index contributed by atoms with van der Waals surface area (Å²) in [5.41, 5.74) is 3.38. The highest BCUT2D eigenvalue weighted by Crippen LogP contribution is 2.34. The van der Waals surface area contributed by atoms with Crippen molar-refractivity contribution in [3.63, 3.8) is 0 Å². The molecule has 0 unspecified atom stereocenters. The fourth-order valence-electron chi connectivity index (χ4n) is 2.99. The fourth-order valence-corrected chi connectivity index (χ4v) is 2.99. The van der Waals surface area contributed by atoms with Crippen LogP contribution >= 0.6 is 0 Å². The lowest BCUT2D eigenvalue weighted by molar-refractivity contribution is 0.434. The fraction of sp³-hybridized carbons (Fsp3) is 0.261. The molecule has 0 saturated carbocycles. The predicted molar refractivity (Wildman–Crippen MR) is 108 cm³/mol. The van der Waals surface area contributed by atoms with E-state index in [1.165, 1.54) is 25.7 Å². The molecule has 4 heteroatoms. The number of hydrogen-bond acceptors (Lipinski definition) is 4. The van der Waals surface area contributed by atoms with Gasteiger partial charge in [-0.1, -0.05) is 43.5 Å². The summed E-state index contributed by atoms with van der Waals surface area (Å²) in [6.07, 6.45) is 10.1. The molecule has 2 N–H and O–H groups in total. The van der Waals surface area contributed by atoms with Gasteiger partial charge in [-0.25, -0.2) is 0 Å². The van der Waals surface area contributed by atoms with Gasteiger partial charge in [-0.05, 0) is 61.4 Å². The third-order valence-electron chi connectivity index (χ3n) is 4.51. The normalized spacial score (nSPS) is 11.3. The van der Waals surface area contributed by atoms with Gasteiger partial charge in [0.25, 0.3) is 0 Å². The van der Waals surface area contributed by atoms with Crippen LogP contribution in [0.3, 0.4) is 0 Å². The Hall–Kier alpha value is -3.01. The predicted octanol–water partition coefficient (Wildman–Crippen LogP) is 6.40. The van der Waals surface area contributed by atoms with Gasteiger partial charge >= 0.3 is 0 Å². The van der Waals surface area contributed by atoms with Crippen molar-refractivity contribution >= 4 is 6.08 Å². The summed E-state index contributed by atoms with van der Waals surface area (Å²) in [5.74, 6) is 1.10. The number of aromatic hydroxyl groups is 2. The first kappa shape index (κ1) is 18.8. The molecule has 2 aromatic carbocycles. The molecule has 0 bridgehead atoms. The van der Waals surface area contributed by atoms with E-state index in [9.17, 15) is 10.2 Å². The molecule has 27 heavy (non-hydrogen) atoms. The number of phenols is 2. The van der Waals surface area contributed by atoms with Crippen molar-refractivity contribution in [2.24, 2.45) is 0 Å². The number of benzene rings is 2. The van der Waals surface area contributed by atoms with E-state index < -0.39 is 0 Å². The van der Waals surface area contributed by atoms with E-state index in [1.807, 2.05) is 24.3 Å². The number of allylic oxidation sites excluding steroid dienone is 1. The van der Waals surface area contributed by atoms with Crippen LogP contribution in [0.15, 0.2) is 59.1 Å². The minimum Gasteiger partial charge on any atom is -0.508 e. The van der Waals surface area contributed by atoms with Crippen molar-refractivity contribution < 1.29 is 14.7 Å². The van der Waals surface area contributed by atoms with Crippen molar-refractivity contribution in [1.29, 1.82) is 0 Å². The molecule has 1 aromatic heterocycles. The summed E-state index contributed by atoms with van der Waals surface area (Å²) in [4.78, 5) is 0. The van der Waals surface area contributed by atoms with Crippen LogP contribution in [0.2, 0.25) is 0 Å². The van der Waals surface area contributed by atoms with Gasteiger partial charge in [-0.2, -0.15) is 0 Å². The summed E-state index contributed by atoms with van der Waals surface area (Å²) in [7, 11) is 0. The summed E-state index contributed by atoms with van der Waals surface area (Å²) >= 11 is 0. The van der Waals surface area contributed by atoms with Crippen molar-refractivity contribution in [3.8, 4) is 34.1 Å². The molecule has 0 fully saturated rings. The highest BCUT2D eigenvalue weighted by Gasteiger charge is 2.17. The molecule has 1 heterocycles. The quantitative estimate of drug-likeness (QED) is 0.454. The maximum Gasteiger partial charge on any atom is 0.174 e. The van der Waals surface area contributed by atoms with Crippen LogP contribution in [0, 0.1) is 0 Å². The topological polar surface area (TPSA) is 66.5 Å². The van der Waals surface area contributed by atoms with Gasteiger partial charge < -0.3 is 14.7 Å². The van der Waals surface area contributed by atoms with Gasteiger partial charge in [0.2, 0.25) is 0 Å². The van der Waals surface area contributed by atoms with E-state index in [-0.39, 0.29) is 11.5 Å². The smallest absolute Gasteiger partial charge is 0.174 e. The summed E-state index contributed by atoms with van der Waals surface area (Å²) in [6, 6.07) is 13.8. The van der Waals surface area contributed by atoms with E-state index in [2.05, 4.69) is 24.2 Å². The zero-order chi connectivity index (χ0) is 19.1. The molecule has 0 saturated heterocycles. The van der Waals surface area contributed by atoms with Gasteiger partial charge in [0.15, 0.2) is 5.76 Å². The zero-order valence-corrected chi connectivity index (χ0v) is 15.6. The first-order valence-corrected chi connectivity index (χ1v) is 9.44. The number of hydrogen-bond donors (Lipinski definition) is 2. The third kappa shape index (κ3) is 4.79. The Labute approximate surface area is 159 Å². The van der Waals surface area contributed by atoms with Crippen LogP contribution in [0.4, 0.5) is 0 Å². The number of nitrogens with zero attached hydrogens (tertiary/aromatic N) is 1. The molecule has 0 aliphatic heterocycles. The second-order valence-corrected chi connectivity index (χ2v) is 6.62. The number of phenolic OH excluding ortho intramolecular Hbond substituents is 2. The second-order valence-electron chi connectivity index (χ2n) is 6.62. The van der Waals surface area contributed by atoms with Gasteiger partial charge in [0.05, 0.1) is 5.56 Å². The first-order chi connectivity index (χ1) is 13.2. The van der Waals surface area contributed by atoms with E-state index in [4.69, 9.17) is 4.52 Å². The molecule has 140 valence electrons. The molecule has 0 atom stereocenters. The van der Waals surface area contributed by atoms with E-state index in [1.54, 1.807) is 24.3 Å². The van der Waals surface area contributed by atoms with Crippen LogP contribution in [0.25, 0.3) is 28.7 Å². The third-order valence-corrected chi connectivity index (χ3v) is 4.51. The molecule has 3 aromatic rings. The van der Waals surface area contributed by atoms with E-state index >= 15 is 0 Å². The molecule has 0 aliphatic rings. The van der Waals surface area contributed by atoms with Crippen molar-refractivity contribution in [2.45, 2.75) is 39.0 Å². The lowest BCUT2D eigenvalue weighted by Crippen LogP contribution is -1.83. The number of unbranched alkanes of at least 4 members (excludes halogenated alkanes) is 4. The van der Waals surface area contributed by atoms with Crippen LogP contribution in [0.5, 0.6) is 11.5 Å². The maximum atomic E-state index is 9.54. The molecular formula is C23H25NO3. The molecule has 4 nitrogen and oxygen atoms in total. The number of rotatable bonds is 8. The summed E-state index contributed by atoms with van der Waals surface area (Å²) in [6.45, 7) is 2.21. The Kier molecular flexibility index (Phi) is 6.31. The Morgan fingerprint density at radius 2 is 1.48 bits per heavy atom. The van der Waals surface area contributed by atoms with Gasteiger partial charge in [0.1, 0.15) is 17.2 Å². The lowest BCUT2D eigenvalue weighted by atomic mass is 10.0. The minimum atomic E-state index is 0.213. The Morgan fingerprint density at radius 3 is 2.11 bits per heavy atom. The monoisotopic (exact) mass is 363 g/mol. The van der Waals surface area contributed by atoms with E-state index in [0.717, 1.165) is 28.8 Å². The average molecular weight is 363 g/mol. The van der Waals surface area contributed by atoms with Crippen LogP contribution in [-0.2, 0) is 0 Å². The second kappa shape index (κ2) is 9.08. The maximum absolute atomic E-state index is 9.54. The molecule has 0 radical (unpaired) electrons. The zero-order valence-electron chi connectivity index (χ0n) is 15.6. The SMILES string of the molecule is CCCCCC/C=C/c1c(-c2ccc(O)cc2)noc1-c1ccc(O)cc1. The van der Waals surface area contributed by atoms with Crippen LogP contribution in [0.1, 0.15) is 44.6 Å². The first-order valence-electron chi connectivity index (χ1n) is 9.44. The largest absolute Gasteiger partial charge is 0.508 e. The van der Waals surface area contributed by atoms with E-state index in [0.29, 0.717) is 5.76 Å².